The summed E-state index contributed by atoms with van der Waals surface area (Å²) in [7, 11) is 0. The molecule has 0 N–H and O–H groups in total. The first-order valence-electron chi connectivity index (χ1n) is 5.14. The molecule has 0 radical (unpaired) electrons. The van der Waals surface area contributed by atoms with Gasteiger partial charge in [-0.2, -0.15) is 0 Å². The molecule has 2 nitrogen and oxygen atoms in total. The molecule has 76 valence electrons. The maximum Gasteiger partial charge on any atom is 0.293 e. The predicted molar refractivity (Wildman–Crippen MR) is 52.4 cm³/mol. The van der Waals surface area contributed by atoms with Crippen molar-refractivity contribution in [3.05, 3.63) is 0 Å². The number of hydrogen-bond donors (Lipinski definition) is 0. The third-order valence-electron chi connectivity index (χ3n) is 3.18. The van der Waals surface area contributed by atoms with Crippen molar-refractivity contribution in [2.24, 2.45) is 11.3 Å². The SMILES string of the molecule is C[C@@H](OC=O)[C@@H]1CCCC(C)(C)C1. The minimum atomic E-state index is 0.0945. The Morgan fingerprint density at radius 3 is 2.77 bits per heavy atom. The summed E-state index contributed by atoms with van der Waals surface area (Å²) >= 11 is 0. The standard InChI is InChI=1S/C11H20O2/c1-9(13-8-12)10-5-4-6-11(2,3)7-10/h8-10H,4-7H2,1-3H3/t9-,10-/m1/s1. The Balaban J connectivity index is 2.46. The van der Waals surface area contributed by atoms with Crippen LogP contribution in [-0.2, 0) is 9.53 Å². The number of ether oxygens (including phenoxy) is 1. The molecule has 13 heavy (non-hydrogen) atoms. The van der Waals surface area contributed by atoms with Crippen LogP contribution < -0.4 is 0 Å². The zero-order valence-electron chi connectivity index (χ0n) is 8.88. The molecular weight excluding hydrogens is 164 g/mol. The van der Waals surface area contributed by atoms with Gasteiger partial charge in [-0.25, -0.2) is 0 Å². The zero-order valence-corrected chi connectivity index (χ0v) is 8.88. The third-order valence-corrected chi connectivity index (χ3v) is 3.18. The van der Waals surface area contributed by atoms with Crippen molar-refractivity contribution in [1.82, 2.24) is 0 Å². The van der Waals surface area contributed by atoms with Gasteiger partial charge in [0.25, 0.3) is 6.47 Å². The molecule has 1 saturated carbocycles. The fraction of sp³-hybridized carbons (Fsp3) is 0.909. The van der Waals surface area contributed by atoms with E-state index in [9.17, 15) is 4.79 Å². The van der Waals surface area contributed by atoms with Crippen LogP contribution in [0.15, 0.2) is 0 Å². The van der Waals surface area contributed by atoms with Crippen LogP contribution in [0.3, 0.4) is 0 Å². The van der Waals surface area contributed by atoms with E-state index < -0.39 is 0 Å². The molecule has 1 aliphatic carbocycles. The van der Waals surface area contributed by atoms with Gasteiger partial charge in [-0.05, 0) is 37.5 Å². The Labute approximate surface area is 80.7 Å². The van der Waals surface area contributed by atoms with Crippen molar-refractivity contribution >= 4 is 6.47 Å². The van der Waals surface area contributed by atoms with E-state index in [1.807, 2.05) is 6.92 Å². The van der Waals surface area contributed by atoms with Crippen LogP contribution in [0, 0.1) is 11.3 Å². The van der Waals surface area contributed by atoms with Gasteiger partial charge in [0.1, 0.15) is 6.10 Å². The molecule has 2 atom stereocenters. The fourth-order valence-corrected chi connectivity index (χ4v) is 2.36. The highest BCUT2D eigenvalue weighted by Gasteiger charge is 2.31. The average Bonchev–Trinajstić information content (AvgIpc) is 2.03. The second-order valence-corrected chi connectivity index (χ2v) is 4.96. The average molecular weight is 184 g/mol. The first-order chi connectivity index (χ1) is 6.05. The largest absolute Gasteiger partial charge is 0.465 e. The minimum Gasteiger partial charge on any atom is -0.465 e. The maximum atomic E-state index is 10.2. The van der Waals surface area contributed by atoms with Gasteiger partial charge in [-0.3, -0.25) is 4.79 Å². The van der Waals surface area contributed by atoms with Gasteiger partial charge in [0.05, 0.1) is 0 Å². The minimum absolute atomic E-state index is 0.0945. The summed E-state index contributed by atoms with van der Waals surface area (Å²) in [6.45, 7) is 7.17. The first-order valence-corrected chi connectivity index (χ1v) is 5.14. The molecule has 1 rings (SSSR count). The Kier molecular flexibility index (Phi) is 3.34. The number of rotatable bonds is 3. The van der Waals surface area contributed by atoms with Crippen LogP contribution in [-0.4, -0.2) is 12.6 Å². The second kappa shape index (κ2) is 4.12. The lowest BCUT2D eigenvalue weighted by Crippen LogP contribution is -2.30. The molecule has 0 aromatic heterocycles. The zero-order chi connectivity index (χ0) is 9.90. The van der Waals surface area contributed by atoms with Crippen LogP contribution in [0.25, 0.3) is 0 Å². The van der Waals surface area contributed by atoms with E-state index in [1.54, 1.807) is 0 Å². The van der Waals surface area contributed by atoms with E-state index in [0.717, 1.165) is 0 Å². The monoisotopic (exact) mass is 184 g/mol. The molecule has 1 aliphatic rings. The number of hydrogen-bond acceptors (Lipinski definition) is 2. The normalized spacial score (nSPS) is 29.3. The summed E-state index contributed by atoms with van der Waals surface area (Å²) in [6, 6.07) is 0. The van der Waals surface area contributed by atoms with Gasteiger partial charge in [-0.1, -0.05) is 20.3 Å². The van der Waals surface area contributed by atoms with E-state index >= 15 is 0 Å². The van der Waals surface area contributed by atoms with Gasteiger partial charge >= 0.3 is 0 Å². The van der Waals surface area contributed by atoms with Crippen molar-refractivity contribution < 1.29 is 9.53 Å². The summed E-state index contributed by atoms with van der Waals surface area (Å²) in [5, 5.41) is 0. The predicted octanol–water partition coefficient (Wildman–Crippen LogP) is 2.76. The van der Waals surface area contributed by atoms with Crippen LogP contribution in [0.1, 0.15) is 46.5 Å². The van der Waals surface area contributed by atoms with Gasteiger partial charge in [0, 0.05) is 0 Å². The Morgan fingerprint density at radius 1 is 1.54 bits per heavy atom. The summed E-state index contributed by atoms with van der Waals surface area (Å²) in [4.78, 5) is 10.2. The van der Waals surface area contributed by atoms with Crippen molar-refractivity contribution in [1.29, 1.82) is 0 Å². The molecule has 0 unspecified atom stereocenters. The molecule has 0 bridgehead atoms. The molecule has 0 amide bonds. The highest BCUT2D eigenvalue weighted by atomic mass is 16.5. The quantitative estimate of drug-likeness (QED) is 0.630. The second-order valence-electron chi connectivity index (χ2n) is 4.96. The lowest BCUT2D eigenvalue weighted by molar-refractivity contribution is -0.136. The molecule has 0 saturated heterocycles. The van der Waals surface area contributed by atoms with Crippen molar-refractivity contribution in [2.45, 2.75) is 52.6 Å². The first kappa shape index (κ1) is 10.6. The van der Waals surface area contributed by atoms with Crippen LogP contribution in [0.5, 0.6) is 0 Å². The molecule has 0 heterocycles. The van der Waals surface area contributed by atoms with E-state index in [1.165, 1.54) is 25.7 Å². The highest BCUT2D eigenvalue weighted by molar-refractivity contribution is 5.37. The topological polar surface area (TPSA) is 26.3 Å². The molecule has 0 aromatic rings. The lowest BCUT2D eigenvalue weighted by atomic mass is 9.71. The Bertz CT molecular complexity index is 175. The number of carbonyl (C=O) groups excluding carboxylic acids is 1. The van der Waals surface area contributed by atoms with E-state index in [2.05, 4.69) is 13.8 Å². The molecule has 2 heteroatoms. The van der Waals surface area contributed by atoms with Crippen LogP contribution >= 0.6 is 0 Å². The maximum absolute atomic E-state index is 10.2. The van der Waals surface area contributed by atoms with E-state index in [-0.39, 0.29) is 6.10 Å². The van der Waals surface area contributed by atoms with Gasteiger partial charge < -0.3 is 4.74 Å². The Hall–Kier alpha value is -0.530. The van der Waals surface area contributed by atoms with E-state index in [0.29, 0.717) is 17.8 Å². The molecule has 0 aromatic carbocycles. The van der Waals surface area contributed by atoms with Crippen LogP contribution in [0.2, 0.25) is 0 Å². The lowest BCUT2D eigenvalue weighted by Gasteiger charge is -2.37. The van der Waals surface area contributed by atoms with Crippen LogP contribution in [0.4, 0.5) is 0 Å². The summed E-state index contributed by atoms with van der Waals surface area (Å²) in [6.07, 6.45) is 5.05. The molecular formula is C11H20O2. The fourth-order valence-electron chi connectivity index (χ4n) is 2.36. The van der Waals surface area contributed by atoms with Gasteiger partial charge in [0.2, 0.25) is 0 Å². The Morgan fingerprint density at radius 2 is 2.23 bits per heavy atom. The van der Waals surface area contributed by atoms with E-state index in [4.69, 9.17) is 4.74 Å². The van der Waals surface area contributed by atoms with Crippen molar-refractivity contribution in [3.8, 4) is 0 Å². The smallest absolute Gasteiger partial charge is 0.293 e. The van der Waals surface area contributed by atoms with Crippen molar-refractivity contribution in [2.75, 3.05) is 0 Å². The highest BCUT2D eigenvalue weighted by Crippen LogP contribution is 2.40. The molecule has 0 aliphatic heterocycles. The third kappa shape index (κ3) is 3.02. The molecule has 0 spiro atoms. The summed E-state index contributed by atoms with van der Waals surface area (Å²) in [5.74, 6) is 0.564. The van der Waals surface area contributed by atoms with Gasteiger partial charge in [-0.15, -0.1) is 0 Å². The summed E-state index contributed by atoms with van der Waals surface area (Å²) in [5.41, 5.74) is 0.434. The molecule has 1 fully saturated rings. The number of carbonyl (C=O) groups is 1. The summed E-state index contributed by atoms with van der Waals surface area (Å²) < 4.78 is 4.99. The van der Waals surface area contributed by atoms with Gasteiger partial charge in [0.15, 0.2) is 0 Å². The van der Waals surface area contributed by atoms with Crippen molar-refractivity contribution in [3.63, 3.8) is 0 Å².